The number of nitrogens with zero attached hydrogens (tertiary/aromatic N) is 2. The number of alkyl halides is 3. The number of fused-ring (bicyclic) bond motifs is 1. The first-order valence-corrected chi connectivity index (χ1v) is 17.0. The monoisotopic (exact) mass is 731 g/mol. The van der Waals surface area contributed by atoms with Crippen LogP contribution in [0.15, 0.2) is 66.7 Å². The Bertz CT molecular complexity index is 1660. The van der Waals surface area contributed by atoms with Crippen molar-refractivity contribution in [2.24, 2.45) is 5.92 Å². The zero-order valence-electron chi connectivity index (χ0n) is 29.5. The molecule has 11 nitrogen and oxygen atoms in total. The Kier molecular flexibility index (Phi) is 13.8. The lowest BCUT2D eigenvalue weighted by Crippen LogP contribution is -2.48. The van der Waals surface area contributed by atoms with Crippen molar-refractivity contribution in [3.8, 4) is 5.75 Å². The summed E-state index contributed by atoms with van der Waals surface area (Å²) in [6.07, 6.45) is -3.22. The number of hydrogen-bond donors (Lipinski definition) is 4. The Morgan fingerprint density at radius 3 is 2.23 bits per heavy atom. The highest BCUT2D eigenvalue weighted by molar-refractivity contribution is 6.02. The zero-order valence-corrected chi connectivity index (χ0v) is 29.5. The van der Waals surface area contributed by atoms with E-state index in [1.807, 2.05) is 13.8 Å². The first-order valence-electron chi connectivity index (χ1n) is 17.0. The Morgan fingerprint density at radius 2 is 1.58 bits per heavy atom. The number of carbonyl (C=O) groups excluding carboxylic acids is 3. The maximum absolute atomic E-state index is 14.3. The van der Waals surface area contributed by atoms with Gasteiger partial charge in [-0.3, -0.25) is 4.79 Å². The smallest absolute Gasteiger partial charge is 0.416 e. The molecule has 15 heteroatoms. The molecule has 1 aliphatic rings. The maximum Gasteiger partial charge on any atom is 0.416 e. The molecule has 4 rings (SSSR count). The van der Waals surface area contributed by atoms with E-state index in [0.29, 0.717) is 25.1 Å². The number of aliphatic hydroxyl groups excluding tert-OH is 1. The van der Waals surface area contributed by atoms with Crippen LogP contribution in [0.2, 0.25) is 0 Å². The van der Waals surface area contributed by atoms with E-state index in [4.69, 9.17) is 9.47 Å². The molecule has 4 N–H and O–H groups in total. The lowest BCUT2D eigenvalue weighted by atomic mass is 10.0. The van der Waals surface area contributed by atoms with Crippen LogP contribution in [0.3, 0.4) is 0 Å². The summed E-state index contributed by atoms with van der Waals surface area (Å²) >= 11 is 0. The van der Waals surface area contributed by atoms with E-state index in [9.17, 15) is 37.1 Å². The number of benzene rings is 3. The van der Waals surface area contributed by atoms with Crippen molar-refractivity contribution in [3.05, 3.63) is 83.7 Å². The van der Waals surface area contributed by atoms with Gasteiger partial charge in [0, 0.05) is 49.7 Å². The maximum atomic E-state index is 14.3. The van der Waals surface area contributed by atoms with E-state index in [0.717, 1.165) is 30.7 Å². The van der Waals surface area contributed by atoms with Crippen molar-refractivity contribution in [1.29, 1.82) is 0 Å². The molecule has 1 heterocycles. The van der Waals surface area contributed by atoms with Crippen LogP contribution in [0, 0.1) is 11.7 Å². The van der Waals surface area contributed by atoms with E-state index in [1.165, 1.54) is 40.1 Å². The highest BCUT2D eigenvalue weighted by Gasteiger charge is 2.32. The number of urea groups is 2. The Labute approximate surface area is 300 Å². The molecule has 0 saturated heterocycles. The van der Waals surface area contributed by atoms with E-state index >= 15 is 0 Å². The van der Waals surface area contributed by atoms with Crippen LogP contribution >= 0.6 is 0 Å². The number of carbonyl (C=O) groups is 3. The molecule has 3 aromatic rings. The summed E-state index contributed by atoms with van der Waals surface area (Å²) < 4.78 is 64.7. The lowest BCUT2D eigenvalue weighted by Gasteiger charge is -2.35. The minimum atomic E-state index is -4.52. The number of halogens is 4. The van der Waals surface area contributed by atoms with Gasteiger partial charge in [0.1, 0.15) is 11.6 Å². The topological polar surface area (TPSA) is 132 Å². The molecule has 0 aromatic heterocycles. The number of likely N-dealkylation sites (N-methyl/N-ethyl adjacent to an activating group) is 1. The number of ether oxygens (including phenoxy) is 2. The van der Waals surface area contributed by atoms with Crippen LogP contribution in [0.25, 0.3) is 0 Å². The van der Waals surface area contributed by atoms with Gasteiger partial charge in [0.25, 0.3) is 5.91 Å². The summed E-state index contributed by atoms with van der Waals surface area (Å²) in [5, 5.41) is 18.0. The van der Waals surface area contributed by atoms with Gasteiger partial charge in [0.2, 0.25) is 0 Å². The highest BCUT2D eigenvalue weighted by atomic mass is 19.4. The minimum Gasteiger partial charge on any atom is -0.490 e. The molecule has 0 radical (unpaired) electrons. The fourth-order valence-electron chi connectivity index (χ4n) is 5.60. The normalized spacial score (nSPS) is 19.4. The van der Waals surface area contributed by atoms with Gasteiger partial charge in [-0.15, -0.1) is 0 Å². The van der Waals surface area contributed by atoms with E-state index in [1.54, 1.807) is 26.1 Å². The third-order valence-corrected chi connectivity index (χ3v) is 8.68. The fraction of sp³-hybridized carbons (Fsp3) is 0.432. The molecule has 0 fully saturated rings. The Balaban J connectivity index is 1.56. The molecule has 52 heavy (non-hydrogen) atoms. The molecule has 3 aromatic carbocycles. The average Bonchev–Trinajstić information content (AvgIpc) is 3.10. The van der Waals surface area contributed by atoms with Crippen LogP contribution in [-0.2, 0) is 10.9 Å². The van der Waals surface area contributed by atoms with Crippen molar-refractivity contribution in [2.75, 3.05) is 49.3 Å². The minimum absolute atomic E-state index is 0.122. The standard InChI is InChI=1S/C37H45F4N5O6/c1-23-20-46(24(2)22-47)34(48)31-19-30(43-35(49)42-28-12-8-26(9-13-28)37(39,40)41)16-17-32(31)52-25(3)7-5-6-18-51-33(23)21-45(4)36(50)44-29-14-10-27(38)11-15-29/h8-17,19,23-25,33,47H,5-7,18,20-22H2,1-4H3,(H,44,50)(H2,42,43,49)/t23-,24+,25-,33+/m0/s1. The molecule has 0 aliphatic carbocycles. The number of hydrogen-bond acceptors (Lipinski definition) is 6. The van der Waals surface area contributed by atoms with Gasteiger partial charge in [-0.1, -0.05) is 6.92 Å². The van der Waals surface area contributed by atoms with Gasteiger partial charge in [0.05, 0.1) is 36.0 Å². The predicted octanol–water partition coefficient (Wildman–Crippen LogP) is 7.45. The molecule has 0 bridgehead atoms. The molecule has 5 amide bonds. The van der Waals surface area contributed by atoms with E-state index < -0.39 is 47.7 Å². The van der Waals surface area contributed by atoms with Crippen LogP contribution in [-0.4, -0.2) is 84.5 Å². The molecular formula is C37H45F4N5O6. The second kappa shape index (κ2) is 18.0. The van der Waals surface area contributed by atoms with Crippen molar-refractivity contribution < 1.29 is 46.5 Å². The van der Waals surface area contributed by atoms with Crippen molar-refractivity contribution in [3.63, 3.8) is 0 Å². The van der Waals surface area contributed by atoms with Crippen molar-refractivity contribution >= 4 is 35.0 Å². The summed E-state index contributed by atoms with van der Waals surface area (Å²) in [6.45, 7) is 5.78. The molecule has 1 aliphatic heterocycles. The van der Waals surface area contributed by atoms with Crippen LogP contribution < -0.4 is 20.7 Å². The van der Waals surface area contributed by atoms with Gasteiger partial charge in [-0.25, -0.2) is 14.0 Å². The van der Waals surface area contributed by atoms with Gasteiger partial charge in [-0.2, -0.15) is 13.2 Å². The Morgan fingerprint density at radius 1 is 0.962 bits per heavy atom. The van der Waals surface area contributed by atoms with Crippen LogP contribution in [0.5, 0.6) is 5.75 Å². The Hall–Kier alpha value is -4.89. The number of aliphatic hydroxyl groups is 1. The number of rotatable bonds is 7. The van der Waals surface area contributed by atoms with Gasteiger partial charge in [-0.05, 0) is 99.8 Å². The van der Waals surface area contributed by atoms with E-state index in [2.05, 4.69) is 16.0 Å². The van der Waals surface area contributed by atoms with Gasteiger partial charge >= 0.3 is 18.2 Å². The summed E-state index contributed by atoms with van der Waals surface area (Å²) in [4.78, 5) is 43.1. The van der Waals surface area contributed by atoms with E-state index in [-0.39, 0.29) is 54.4 Å². The van der Waals surface area contributed by atoms with Gasteiger partial charge in [0.15, 0.2) is 0 Å². The molecule has 4 atom stereocenters. The molecule has 0 spiro atoms. The second-order valence-electron chi connectivity index (χ2n) is 13.0. The number of amides is 5. The molecule has 0 saturated carbocycles. The van der Waals surface area contributed by atoms with Crippen molar-refractivity contribution in [2.45, 2.75) is 64.5 Å². The summed E-state index contributed by atoms with van der Waals surface area (Å²) in [7, 11) is 1.61. The SMILES string of the molecule is C[C@H](CO)N1C[C@H](C)[C@@H](CN(C)C(=O)Nc2ccc(F)cc2)OCCCC[C@H](C)Oc2ccc(NC(=O)Nc3ccc(C(F)(F)F)cc3)cc2C1=O. The quantitative estimate of drug-likeness (QED) is 0.187. The predicted molar refractivity (Wildman–Crippen MR) is 189 cm³/mol. The zero-order chi connectivity index (χ0) is 38.0. The second-order valence-corrected chi connectivity index (χ2v) is 13.0. The first-order chi connectivity index (χ1) is 24.6. The fourth-order valence-corrected chi connectivity index (χ4v) is 5.60. The summed E-state index contributed by atoms with van der Waals surface area (Å²) in [5.74, 6) is -0.972. The third-order valence-electron chi connectivity index (χ3n) is 8.68. The number of anilines is 3. The number of nitrogens with one attached hydrogen (secondary N) is 3. The molecule has 0 unspecified atom stereocenters. The van der Waals surface area contributed by atoms with Gasteiger partial charge < -0.3 is 40.3 Å². The first kappa shape index (κ1) is 39.9. The molecule has 282 valence electrons. The van der Waals surface area contributed by atoms with Crippen LogP contribution in [0.4, 0.5) is 44.2 Å². The van der Waals surface area contributed by atoms with Crippen molar-refractivity contribution in [1.82, 2.24) is 9.80 Å². The molecular weight excluding hydrogens is 686 g/mol. The third kappa shape index (κ3) is 11.3. The summed E-state index contributed by atoms with van der Waals surface area (Å²) in [6, 6.07) is 12.1. The average molecular weight is 732 g/mol. The largest absolute Gasteiger partial charge is 0.490 e. The summed E-state index contributed by atoms with van der Waals surface area (Å²) in [5.41, 5.74) is 0.0354. The highest BCUT2D eigenvalue weighted by Crippen LogP contribution is 2.31. The van der Waals surface area contributed by atoms with Crippen LogP contribution in [0.1, 0.15) is 56.0 Å². The lowest BCUT2D eigenvalue weighted by molar-refractivity contribution is -0.137.